The van der Waals surface area contributed by atoms with Crippen LogP contribution in [-0.4, -0.2) is 61.5 Å². The molecule has 1 saturated heterocycles. The summed E-state index contributed by atoms with van der Waals surface area (Å²) in [4.78, 5) is 29.2. The van der Waals surface area contributed by atoms with Gasteiger partial charge in [0.1, 0.15) is 0 Å². The van der Waals surface area contributed by atoms with Gasteiger partial charge in [-0.05, 0) is 53.3 Å². The first kappa shape index (κ1) is 26.4. The molecule has 1 aliphatic heterocycles. The van der Waals surface area contributed by atoms with Crippen molar-refractivity contribution in [3.05, 3.63) is 106 Å². The van der Waals surface area contributed by atoms with Crippen LogP contribution in [0, 0.1) is 5.92 Å². The topological polar surface area (TPSA) is 59.1 Å². The minimum Gasteiger partial charge on any atom is -0.465 e. The number of carbonyl (C=O) groups excluding carboxylic acids is 2. The number of carbonyl (C=O) groups is 2. The molecule has 3 aromatic rings. The molecule has 0 aromatic heterocycles. The Morgan fingerprint density at radius 1 is 0.921 bits per heavy atom. The van der Waals surface area contributed by atoms with E-state index in [4.69, 9.17) is 21.1 Å². The third-order valence-corrected chi connectivity index (χ3v) is 7.76. The van der Waals surface area contributed by atoms with Crippen molar-refractivity contribution in [3.8, 4) is 0 Å². The van der Waals surface area contributed by atoms with Gasteiger partial charge in [0.15, 0.2) is 0 Å². The highest BCUT2D eigenvalue weighted by atomic mass is 35.5. The van der Waals surface area contributed by atoms with Crippen molar-refractivity contribution in [2.24, 2.45) is 5.92 Å². The van der Waals surface area contributed by atoms with Crippen LogP contribution in [-0.2, 0) is 20.9 Å². The number of rotatable bonds is 9. The molecule has 2 fully saturated rings. The Morgan fingerprint density at radius 2 is 1.61 bits per heavy atom. The van der Waals surface area contributed by atoms with Crippen LogP contribution in [0.25, 0.3) is 0 Å². The molecule has 38 heavy (non-hydrogen) atoms. The highest BCUT2D eigenvalue weighted by molar-refractivity contribution is 6.30. The van der Waals surface area contributed by atoms with Gasteiger partial charge in [0, 0.05) is 43.7 Å². The van der Waals surface area contributed by atoms with Crippen LogP contribution in [0.1, 0.15) is 45.5 Å². The summed E-state index contributed by atoms with van der Waals surface area (Å²) in [7, 11) is 1.37. The van der Waals surface area contributed by atoms with Crippen LogP contribution in [0.15, 0.2) is 78.9 Å². The van der Waals surface area contributed by atoms with Crippen LogP contribution in [0.5, 0.6) is 0 Å². The predicted octanol–water partition coefficient (Wildman–Crippen LogP) is 5.33. The number of nitrogens with zero attached hydrogens (tertiary/aromatic N) is 2. The molecule has 0 N–H and O–H groups in total. The summed E-state index contributed by atoms with van der Waals surface area (Å²) in [6.45, 7) is 4.24. The van der Waals surface area contributed by atoms with E-state index in [9.17, 15) is 9.59 Å². The number of ether oxygens (including phenoxy) is 2. The van der Waals surface area contributed by atoms with Crippen molar-refractivity contribution < 1.29 is 19.1 Å². The summed E-state index contributed by atoms with van der Waals surface area (Å²) in [5.41, 5.74) is 3.82. The average molecular weight is 533 g/mol. The van der Waals surface area contributed by atoms with Gasteiger partial charge in [-0.1, -0.05) is 66.2 Å². The molecule has 3 atom stereocenters. The molecule has 3 aromatic carbocycles. The van der Waals surface area contributed by atoms with Crippen molar-refractivity contribution in [2.45, 2.75) is 25.0 Å². The Morgan fingerprint density at radius 3 is 2.26 bits per heavy atom. The van der Waals surface area contributed by atoms with Crippen LogP contribution in [0.3, 0.4) is 0 Å². The van der Waals surface area contributed by atoms with E-state index in [1.165, 1.54) is 12.7 Å². The Labute approximate surface area is 229 Å². The molecular weight excluding hydrogens is 500 g/mol. The fourth-order valence-electron chi connectivity index (χ4n) is 5.14. The number of amides is 1. The Hall–Kier alpha value is -3.19. The van der Waals surface area contributed by atoms with E-state index in [0.29, 0.717) is 29.0 Å². The number of methoxy groups -OCH3 is 1. The Kier molecular flexibility index (Phi) is 8.42. The molecule has 5 rings (SSSR count). The summed E-state index contributed by atoms with van der Waals surface area (Å²) < 4.78 is 11.2. The molecule has 0 spiro atoms. The molecular formula is C31H33ClN2O4. The fourth-order valence-corrected chi connectivity index (χ4v) is 5.27. The van der Waals surface area contributed by atoms with Crippen LogP contribution < -0.4 is 0 Å². The summed E-state index contributed by atoms with van der Waals surface area (Å²) in [5, 5.41) is 0.687. The molecule has 1 aliphatic carbocycles. The quantitative estimate of drug-likeness (QED) is 0.348. The van der Waals surface area contributed by atoms with Gasteiger partial charge in [0.25, 0.3) is 0 Å². The maximum atomic E-state index is 13.1. The third kappa shape index (κ3) is 6.44. The van der Waals surface area contributed by atoms with Gasteiger partial charge in [0.2, 0.25) is 5.91 Å². The first-order valence-corrected chi connectivity index (χ1v) is 13.5. The average Bonchev–Trinajstić information content (AvgIpc) is 3.77. The zero-order valence-corrected chi connectivity index (χ0v) is 22.3. The van der Waals surface area contributed by atoms with Crippen LogP contribution in [0.4, 0.5) is 0 Å². The van der Waals surface area contributed by atoms with Gasteiger partial charge in [-0.25, -0.2) is 4.79 Å². The number of piperazine rings is 1. The minimum absolute atomic E-state index is 0.125. The molecule has 0 radical (unpaired) electrons. The van der Waals surface area contributed by atoms with E-state index >= 15 is 0 Å². The highest BCUT2D eigenvalue weighted by Crippen LogP contribution is 2.48. The third-order valence-electron chi connectivity index (χ3n) is 7.51. The molecule has 2 unspecified atom stereocenters. The lowest BCUT2D eigenvalue weighted by Gasteiger charge is -2.36. The van der Waals surface area contributed by atoms with Crippen molar-refractivity contribution in [2.75, 3.05) is 39.8 Å². The molecule has 1 heterocycles. The molecule has 198 valence electrons. The summed E-state index contributed by atoms with van der Waals surface area (Å²) in [6.07, 6.45) is 0.802. The fraction of sp³-hybridized carbons (Fsp3) is 0.355. The molecule has 1 saturated carbocycles. The highest BCUT2D eigenvalue weighted by Gasteiger charge is 2.46. The second-order valence-corrected chi connectivity index (χ2v) is 10.5. The number of halogens is 1. The van der Waals surface area contributed by atoms with Gasteiger partial charge >= 0.3 is 5.97 Å². The smallest absolute Gasteiger partial charge is 0.337 e. The molecule has 2 aliphatic rings. The van der Waals surface area contributed by atoms with Gasteiger partial charge in [-0.15, -0.1) is 0 Å². The van der Waals surface area contributed by atoms with E-state index in [0.717, 1.165) is 50.3 Å². The molecule has 7 heteroatoms. The standard InChI is InChI=1S/C31H33ClN2O4/c1-37-31(36)25-9-7-22(8-10-25)21-38-29(24-11-13-26(32)14-12-24)20-33-15-17-34(18-16-33)30(35)28-19-27(28)23-5-3-2-4-6-23/h2-14,27-29H,15-21H2,1H3/t27-,28?,29?/m0/s1. The Balaban J connectivity index is 1.17. The van der Waals surface area contributed by atoms with E-state index in [1.54, 1.807) is 12.1 Å². The Bertz CT molecular complexity index is 1220. The lowest BCUT2D eigenvalue weighted by Crippen LogP contribution is -2.50. The number of benzene rings is 3. The monoisotopic (exact) mass is 532 g/mol. The number of hydrogen-bond donors (Lipinski definition) is 0. The zero-order valence-electron chi connectivity index (χ0n) is 21.6. The minimum atomic E-state index is -0.355. The maximum Gasteiger partial charge on any atom is 0.337 e. The van der Waals surface area contributed by atoms with Crippen molar-refractivity contribution >= 4 is 23.5 Å². The van der Waals surface area contributed by atoms with Crippen LogP contribution >= 0.6 is 11.6 Å². The van der Waals surface area contributed by atoms with Gasteiger partial charge in [0.05, 0.1) is 25.4 Å². The molecule has 6 nitrogen and oxygen atoms in total. The zero-order chi connectivity index (χ0) is 26.5. The number of esters is 1. The predicted molar refractivity (Wildman–Crippen MR) is 147 cm³/mol. The number of hydrogen-bond acceptors (Lipinski definition) is 5. The van der Waals surface area contributed by atoms with Crippen LogP contribution in [0.2, 0.25) is 5.02 Å². The maximum absolute atomic E-state index is 13.1. The normalized spacial score (nSPS) is 20.1. The largest absolute Gasteiger partial charge is 0.465 e. The second kappa shape index (κ2) is 12.1. The first-order chi connectivity index (χ1) is 18.5. The summed E-state index contributed by atoms with van der Waals surface area (Å²) in [5.74, 6) is 0.427. The van der Waals surface area contributed by atoms with Gasteiger partial charge in [-0.3, -0.25) is 9.69 Å². The van der Waals surface area contributed by atoms with E-state index < -0.39 is 0 Å². The van der Waals surface area contributed by atoms with Crippen molar-refractivity contribution in [1.29, 1.82) is 0 Å². The summed E-state index contributed by atoms with van der Waals surface area (Å²) >= 11 is 6.13. The van der Waals surface area contributed by atoms with Crippen molar-refractivity contribution in [1.82, 2.24) is 9.80 Å². The van der Waals surface area contributed by atoms with E-state index in [-0.39, 0.29) is 18.0 Å². The summed E-state index contributed by atoms with van der Waals surface area (Å²) in [6, 6.07) is 25.4. The van der Waals surface area contributed by atoms with Gasteiger partial charge in [-0.2, -0.15) is 0 Å². The lowest BCUT2D eigenvalue weighted by atomic mass is 10.1. The second-order valence-electron chi connectivity index (χ2n) is 10.0. The lowest BCUT2D eigenvalue weighted by molar-refractivity contribution is -0.134. The first-order valence-electron chi connectivity index (χ1n) is 13.1. The molecule has 1 amide bonds. The SMILES string of the molecule is COC(=O)c1ccc(COC(CN2CCN(C(=O)C3C[C@H]3c3ccccc3)CC2)c2ccc(Cl)cc2)cc1. The van der Waals surface area contributed by atoms with E-state index in [1.807, 2.05) is 59.5 Å². The van der Waals surface area contributed by atoms with Gasteiger partial charge < -0.3 is 14.4 Å². The van der Waals surface area contributed by atoms with Crippen molar-refractivity contribution in [3.63, 3.8) is 0 Å². The molecule has 0 bridgehead atoms. The van der Waals surface area contributed by atoms with E-state index in [2.05, 4.69) is 17.0 Å².